The van der Waals surface area contributed by atoms with E-state index in [9.17, 15) is 33.5 Å². The largest absolute Gasteiger partial charge is 0.503 e. The van der Waals surface area contributed by atoms with E-state index in [-0.39, 0.29) is 36.7 Å². The van der Waals surface area contributed by atoms with E-state index in [1.54, 1.807) is 18.2 Å². The van der Waals surface area contributed by atoms with Crippen molar-refractivity contribution in [1.29, 1.82) is 0 Å². The van der Waals surface area contributed by atoms with Crippen molar-refractivity contribution in [2.24, 2.45) is 0 Å². The topological polar surface area (TPSA) is 164 Å². The van der Waals surface area contributed by atoms with Crippen molar-refractivity contribution >= 4 is 37.9 Å². The molecule has 0 saturated heterocycles. The first kappa shape index (κ1) is 28.2. The molecule has 5 rings (SSSR count). The molecule has 1 aliphatic rings. The smallest absolute Gasteiger partial charge is 0.295 e. The molecule has 2 N–H and O–H groups in total. The number of aliphatic hydroxyl groups is 2. The summed E-state index contributed by atoms with van der Waals surface area (Å²) in [5.41, 5.74) is 1.11. The molecule has 3 heterocycles. The van der Waals surface area contributed by atoms with E-state index in [2.05, 4.69) is 4.98 Å². The summed E-state index contributed by atoms with van der Waals surface area (Å²) in [4.78, 5) is 29.0. The Bertz CT molecular complexity index is 1750. The number of aromatic nitrogens is 1. The number of thiazole rings is 1. The lowest BCUT2D eigenvalue weighted by atomic mass is 9.85. The third-order valence-electron chi connectivity index (χ3n) is 6.75. The minimum absolute atomic E-state index is 0.0337. The average Bonchev–Trinajstić information content (AvgIpc) is 3.69. The maximum Gasteiger partial charge on any atom is 0.295 e. The molecule has 0 fully saturated rings. The molecule has 4 aromatic rings. The summed E-state index contributed by atoms with van der Waals surface area (Å²) in [7, 11) is -4.14. The van der Waals surface area contributed by atoms with E-state index in [1.165, 1.54) is 12.3 Å². The minimum Gasteiger partial charge on any atom is -0.503 e. The van der Waals surface area contributed by atoms with Crippen molar-refractivity contribution in [3.63, 3.8) is 0 Å². The number of nitro benzene ring substituents is 1. The van der Waals surface area contributed by atoms with Crippen LogP contribution in [0.4, 0.5) is 10.8 Å². The Morgan fingerprint density at radius 1 is 1.10 bits per heavy atom. The number of non-ortho nitro benzene ring substituents is 1. The van der Waals surface area contributed by atoms with Crippen molar-refractivity contribution in [1.82, 2.24) is 4.98 Å². The monoisotopic (exact) mass is 595 g/mol. The number of amides is 1. The molecule has 1 amide bonds. The van der Waals surface area contributed by atoms with Gasteiger partial charge in [-0.15, -0.1) is 0 Å². The highest BCUT2D eigenvalue weighted by molar-refractivity contribution is 7.93. The van der Waals surface area contributed by atoms with Gasteiger partial charge in [-0.25, -0.2) is 13.4 Å². The second-order valence-corrected chi connectivity index (χ2v) is 13.6. The highest BCUT2D eigenvalue weighted by atomic mass is 32.2. The third kappa shape index (κ3) is 5.03. The predicted octanol–water partition coefficient (Wildman–Crippen LogP) is 5.41. The first-order valence-corrected chi connectivity index (χ1v) is 14.6. The van der Waals surface area contributed by atoms with Gasteiger partial charge in [0, 0.05) is 17.7 Å². The fourth-order valence-corrected chi connectivity index (χ4v) is 7.09. The number of nitro groups is 1. The molecule has 0 radical (unpaired) electrons. The van der Waals surface area contributed by atoms with E-state index >= 15 is 0 Å². The standard InChI is InChI=1S/C28H25N3O8S2/c1-28(2,3)17-8-6-16(7-9-17)23-22(24(32)20-5-4-14-39-20)25(33)26(34)30(23)27-29-15-21(40-27)41(37,38)19-12-10-18(11-13-19)31(35)36/h4-15,23-24,32-33H,1-3H3/t23-,24+/m0/s1. The molecule has 11 nitrogen and oxygen atoms in total. The van der Waals surface area contributed by atoms with Crippen LogP contribution in [0, 0.1) is 10.1 Å². The Kier molecular flexibility index (Phi) is 7.05. The summed E-state index contributed by atoms with van der Waals surface area (Å²) in [5, 5.41) is 33.1. The molecular formula is C28H25N3O8S2. The molecule has 0 unspecified atom stereocenters. The van der Waals surface area contributed by atoms with Gasteiger partial charge in [-0.1, -0.05) is 56.4 Å². The van der Waals surface area contributed by atoms with Crippen LogP contribution in [0.5, 0.6) is 0 Å². The van der Waals surface area contributed by atoms with Crippen LogP contribution in [0.2, 0.25) is 0 Å². The van der Waals surface area contributed by atoms with E-state index in [4.69, 9.17) is 4.42 Å². The summed E-state index contributed by atoms with van der Waals surface area (Å²) < 4.78 is 31.7. The van der Waals surface area contributed by atoms with Gasteiger partial charge in [0.25, 0.3) is 11.6 Å². The predicted molar refractivity (Wildman–Crippen MR) is 149 cm³/mol. The number of hydrogen-bond acceptors (Lipinski definition) is 10. The number of nitrogens with zero attached hydrogens (tertiary/aromatic N) is 3. The Balaban J connectivity index is 1.58. The lowest BCUT2D eigenvalue weighted by molar-refractivity contribution is -0.384. The number of carbonyl (C=O) groups is 1. The molecule has 0 aliphatic carbocycles. The van der Waals surface area contributed by atoms with Gasteiger partial charge in [0.15, 0.2) is 10.9 Å². The molecule has 2 aromatic heterocycles. The summed E-state index contributed by atoms with van der Waals surface area (Å²) in [5.74, 6) is -1.46. The summed E-state index contributed by atoms with van der Waals surface area (Å²) in [6, 6.07) is 13.8. The van der Waals surface area contributed by atoms with Crippen LogP contribution >= 0.6 is 11.3 Å². The van der Waals surface area contributed by atoms with Crippen molar-refractivity contribution in [2.75, 3.05) is 4.90 Å². The van der Waals surface area contributed by atoms with Gasteiger partial charge in [0.05, 0.1) is 28.3 Å². The second kappa shape index (κ2) is 10.3. The maximum atomic E-state index is 13.5. The molecule has 1 aliphatic heterocycles. The molecule has 2 atom stereocenters. The number of anilines is 1. The first-order valence-electron chi connectivity index (χ1n) is 12.3. The number of rotatable bonds is 7. The quantitative estimate of drug-likeness (QED) is 0.210. The number of aliphatic hydroxyl groups excluding tert-OH is 2. The molecule has 0 spiro atoms. The Hall–Kier alpha value is -4.33. The Labute approximate surface area is 239 Å². The van der Waals surface area contributed by atoms with Crippen LogP contribution in [0.15, 0.2) is 98.0 Å². The lowest BCUT2D eigenvalue weighted by Gasteiger charge is -2.27. The summed E-state index contributed by atoms with van der Waals surface area (Å²) in [6.07, 6.45) is 0.963. The number of carbonyl (C=O) groups excluding carboxylic acids is 1. The third-order valence-corrected chi connectivity index (χ3v) is 9.98. The van der Waals surface area contributed by atoms with E-state index in [0.29, 0.717) is 16.9 Å². The summed E-state index contributed by atoms with van der Waals surface area (Å²) in [6.45, 7) is 6.15. The van der Waals surface area contributed by atoms with Crippen molar-refractivity contribution < 1.29 is 32.8 Å². The number of furan rings is 1. The van der Waals surface area contributed by atoms with Gasteiger partial charge < -0.3 is 14.6 Å². The number of benzene rings is 2. The molecular weight excluding hydrogens is 570 g/mol. The van der Waals surface area contributed by atoms with Gasteiger partial charge in [0.2, 0.25) is 9.84 Å². The van der Waals surface area contributed by atoms with Gasteiger partial charge >= 0.3 is 0 Å². The maximum absolute atomic E-state index is 13.5. The molecule has 2 aromatic carbocycles. The van der Waals surface area contributed by atoms with E-state index in [0.717, 1.165) is 40.9 Å². The zero-order valence-corrected chi connectivity index (χ0v) is 23.7. The number of hydrogen-bond donors (Lipinski definition) is 2. The number of sulfone groups is 1. The van der Waals surface area contributed by atoms with Crippen molar-refractivity contribution in [3.05, 3.63) is 111 Å². The van der Waals surface area contributed by atoms with Gasteiger partial charge in [-0.2, -0.15) is 0 Å². The fourth-order valence-electron chi connectivity index (χ4n) is 4.54. The van der Waals surface area contributed by atoms with E-state index in [1.807, 2.05) is 32.9 Å². The van der Waals surface area contributed by atoms with Crippen LogP contribution in [-0.4, -0.2) is 34.4 Å². The minimum atomic E-state index is -4.14. The van der Waals surface area contributed by atoms with Crippen LogP contribution in [0.3, 0.4) is 0 Å². The van der Waals surface area contributed by atoms with Gasteiger partial charge in [0.1, 0.15) is 16.1 Å². The molecule has 0 bridgehead atoms. The van der Waals surface area contributed by atoms with Crippen LogP contribution in [0.1, 0.15) is 49.8 Å². The second-order valence-electron chi connectivity index (χ2n) is 10.4. The van der Waals surface area contributed by atoms with Crippen LogP contribution < -0.4 is 4.90 Å². The van der Waals surface area contributed by atoms with Gasteiger partial charge in [-0.3, -0.25) is 19.8 Å². The first-order chi connectivity index (χ1) is 19.3. The van der Waals surface area contributed by atoms with Crippen molar-refractivity contribution in [3.8, 4) is 0 Å². The summed E-state index contributed by atoms with van der Waals surface area (Å²) >= 11 is 0.695. The average molecular weight is 596 g/mol. The zero-order valence-electron chi connectivity index (χ0n) is 22.1. The fraction of sp³-hybridized carbons (Fsp3) is 0.214. The van der Waals surface area contributed by atoms with Crippen LogP contribution in [0.25, 0.3) is 0 Å². The zero-order chi connectivity index (χ0) is 29.7. The highest BCUT2D eigenvalue weighted by Crippen LogP contribution is 2.47. The van der Waals surface area contributed by atoms with E-state index < -0.39 is 38.6 Å². The van der Waals surface area contributed by atoms with Crippen molar-refractivity contribution in [2.45, 2.75) is 47.4 Å². The van der Waals surface area contributed by atoms with Gasteiger partial charge in [-0.05, 0) is 40.8 Å². The Morgan fingerprint density at radius 2 is 1.76 bits per heavy atom. The Morgan fingerprint density at radius 3 is 2.32 bits per heavy atom. The van der Waals surface area contributed by atoms with Crippen LogP contribution in [-0.2, 0) is 20.0 Å². The molecule has 41 heavy (non-hydrogen) atoms. The SMILES string of the molecule is CC(C)(C)c1ccc([C@H]2C([C@H](O)c3ccco3)=C(O)C(=O)N2c2ncc(S(=O)(=O)c3ccc([N+](=O)[O-])cc3)s2)cc1. The molecule has 13 heteroatoms. The molecule has 212 valence electrons. The molecule has 0 saturated carbocycles. The normalized spacial score (nSPS) is 16.8. The lowest BCUT2D eigenvalue weighted by Crippen LogP contribution is -2.30. The highest BCUT2D eigenvalue weighted by Gasteiger charge is 2.46.